The maximum Gasteiger partial charge on any atom is 0.337 e. The van der Waals surface area contributed by atoms with E-state index < -0.39 is 5.97 Å². The summed E-state index contributed by atoms with van der Waals surface area (Å²) in [6, 6.07) is 10.9. The second-order valence-electron chi connectivity index (χ2n) is 4.18. The van der Waals surface area contributed by atoms with Gasteiger partial charge in [0, 0.05) is 10.0 Å². The number of halogens is 1. The van der Waals surface area contributed by atoms with Crippen molar-refractivity contribution in [3.63, 3.8) is 0 Å². The van der Waals surface area contributed by atoms with Crippen LogP contribution in [0.2, 0.25) is 0 Å². The van der Waals surface area contributed by atoms with E-state index in [1.165, 1.54) is 25.3 Å². The number of hydrogen-bond acceptors (Lipinski definition) is 4. The molecule has 2 aromatic rings. The third-order valence-corrected chi connectivity index (χ3v) is 3.30. The van der Waals surface area contributed by atoms with E-state index in [-0.39, 0.29) is 22.9 Å². The average molecular weight is 350 g/mol. The Morgan fingerprint density at radius 3 is 2.29 bits per heavy atom. The molecule has 0 atom stereocenters. The molecule has 0 aliphatic rings. The number of phenolic OH excluding ortho intramolecular Hbond substituents is 1. The van der Waals surface area contributed by atoms with Crippen LogP contribution in [0.5, 0.6) is 5.75 Å². The number of benzene rings is 2. The third-order valence-electron chi connectivity index (χ3n) is 2.77. The van der Waals surface area contributed by atoms with Gasteiger partial charge in [-0.05, 0) is 42.5 Å². The Kier molecular flexibility index (Phi) is 4.59. The first-order valence-electron chi connectivity index (χ1n) is 5.99. The predicted octanol–water partition coefficient (Wildman–Crippen LogP) is 3.19. The van der Waals surface area contributed by atoms with E-state index in [0.29, 0.717) is 5.56 Å². The number of ether oxygens (including phenoxy) is 1. The van der Waals surface area contributed by atoms with Crippen molar-refractivity contribution in [1.82, 2.24) is 0 Å². The van der Waals surface area contributed by atoms with E-state index in [1.54, 1.807) is 24.3 Å². The second kappa shape index (κ2) is 6.41. The van der Waals surface area contributed by atoms with Crippen LogP contribution in [0.3, 0.4) is 0 Å². The van der Waals surface area contributed by atoms with Crippen LogP contribution in [0.4, 0.5) is 5.69 Å². The van der Waals surface area contributed by atoms with Gasteiger partial charge in [0.25, 0.3) is 5.91 Å². The Bertz CT molecular complexity index is 683. The van der Waals surface area contributed by atoms with Gasteiger partial charge in [-0.15, -0.1) is 0 Å². The van der Waals surface area contributed by atoms with Gasteiger partial charge in [-0.3, -0.25) is 4.79 Å². The van der Waals surface area contributed by atoms with Crippen LogP contribution in [0.15, 0.2) is 46.9 Å². The fourth-order valence-electron chi connectivity index (χ4n) is 1.68. The molecule has 0 saturated carbocycles. The minimum Gasteiger partial charge on any atom is -0.506 e. The van der Waals surface area contributed by atoms with Gasteiger partial charge in [-0.2, -0.15) is 0 Å². The Balaban J connectivity index is 2.18. The van der Waals surface area contributed by atoms with Crippen molar-refractivity contribution >= 4 is 33.5 Å². The molecule has 0 aliphatic heterocycles. The van der Waals surface area contributed by atoms with Gasteiger partial charge >= 0.3 is 5.97 Å². The highest BCUT2D eigenvalue weighted by molar-refractivity contribution is 9.10. The van der Waals surface area contributed by atoms with Gasteiger partial charge in [0.1, 0.15) is 5.75 Å². The fourth-order valence-corrected chi connectivity index (χ4v) is 1.94. The summed E-state index contributed by atoms with van der Waals surface area (Å²) >= 11 is 3.29. The zero-order valence-corrected chi connectivity index (χ0v) is 12.7. The Morgan fingerprint density at radius 1 is 1.10 bits per heavy atom. The number of carbonyl (C=O) groups is 2. The summed E-state index contributed by atoms with van der Waals surface area (Å²) in [7, 11) is 1.25. The molecule has 108 valence electrons. The molecule has 21 heavy (non-hydrogen) atoms. The highest BCUT2D eigenvalue weighted by atomic mass is 79.9. The topological polar surface area (TPSA) is 75.6 Å². The van der Waals surface area contributed by atoms with E-state index in [2.05, 4.69) is 26.0 Å². The lowest BCUT2D eigenvalue weighted by atomic mass is 10.1. The molecule has 1 amide bonds. The van der Waals surface area contributed by atoms with Gasteiger partial charge < -0.3 is 15.2 Å². The van der Waals surface area contributed by atoms with E-state index >= 15 is 0 Å². The summed E-state index contributed by atoms with van der Waals surface area (Å²) < 4.78 is 5.42. The molecular weight excluding hydrogens is 338 g/mol. The lowest BCUT2D eigenvalue weighted by Gasteiger charge is -2.08. The largest absolute Gasteiger partial charge is 0.506 e. The molecule has 0 fully saturated rings. The molecule has 2 rings (SSSR count). The van der Waals surface area contributed by atoms with Crippen molar-refractivity contribution in [3.8, 4) is 5.75 Å². The van der Waals surface area contributed by atoms with E-state index in [9.17, 15) is 14.7 Å². The molecule has 0 heterocycles. The molecule has 0 saturated heterocycles. The standard InChI is InChI=1S/C15H12BrNO4/c1-21-15(20)10-4-7-12(13(18)8-10)17-14(19)9-2-5-11(16)6-3-9/h2-8,18H,1H3,(H,17,19). The summed E-state index contributed by atoms with van der Waals surface area (Å²) in [4.78, 5) is 23.4. The first-order valence-corrected chi connectivity index (χ1v) is 6.79. The Morgan fingerprint density at radius 2 is 1.71 bits per heavy atom. The van der Waals surface area contributed by atoms with Crippen molar-refractivity contribution in [2.45, 2.75) is 0 Å². The van der Waals surface area contributed by atoms with Gasteiger partial charge in [0.15, 0.2) is 0 Å². The predicted molar refractivity (Wildman–Crippen MR) is 81.5 cm³/mol. The second-order valence-corrected chi connectivity index (χ2v) is 5.10. The van der Waals surface area contributed by atoms with Crippen LogP contribution < -0.4 is 5.32 Å². The minimum atomic E-state index is -0.559. The summed E-state index contributed by atoms with van der Waals surface area (Å²) in [5, 5.41) is 12.4. The van der Waals surface area contributed by atoms with Gasteiger partial charge in [-0.1, -0.05) is 15.9 Å². The van der Waals surface area contributed by atoms with E-state index in [4.69, 9.17) is 0 Å². The molecule has 2 aromatic carbocycles. The number of hydrogen-bond donors (Lipinski definition) is 2. The molecule has 2 N–H and O–H groups in total. The van der Waals surface area contributed by atoms with Crippen molar-refractivity contribution in [1.29, 1.82) is 0 Å². The van der Waals surface area contributed by atoms with Crippen LogP contribution in [-0.2, 0) is 4.74 Å². The highest BCUT2D eigenvalue weighted by Crippen LogP contribution is 2.25. The highest BCUT2D eigenvalue weighted by Gasteiger charge is 2.12. The summed E-state index contributed by atoms with van der Waals surface area (Å²) in [5.74, 6) is -1.12. The van der Waals surface area contributed by atoms with Crippen LogP contribution in [0.1, 0.15) is 20.7 Å². The van der Waals surface area contributed by atoms with Crippen LogP contribution in [-0.4, -0.2) is 24.1 Å². The first-order chi connectivity index (χ1) is 10.0. The zero-order chi connectivity index (χ0) is 15.4. The number of methoxy groups -OCH3 is 1. The molecule has 0 aliphatic carbocycles. The average Bonchev–Trinajstić information content (AvgIpc) is 2.49. The summed E-state index contributed by atoms with van der Waals surface area (Å²) in [6.07, 6.45) is 0. The molecule has 0 bridgehead atoms. The van der Waals surface area contributed by atoms with E-state index in [0.717, 1.165) is 4.47 Å². The number of rotatable bonds is 3. The van der Waals surface area contributed by atoms with Gasteiger partial charge in [-0.25, -0.2) is 4.79 Å². The number of phenols is 1. The summed E-state index contributed by atoms with van der Waals surface area (Å²) in [5.41, 5.74) is 0.877. The smallest absolute Gasteiger partial charge is 0.337 e. The molecule has 0 unspecified atom stereocenters. The molecule has 6 heteroatoms. The van der Waals surface area contributed by atoms with Crippen molar-refractivity contribution in [2.24, 2.45) is 0 Å². The monoisotopic (exact) mass is 349 g/mol. The number of carbonyl (C=O) groups excluding carboxylic acids is 2. The SMILES string of the molecule is COC(=O)c1ccc(NC(=O)c2ccc(Br)cc2)c(O)c1. The number of nitrogens with one attached hydrogen (secondary N) is 1. The van der Waals surface area contributed by atoms with Gasteiger partial charge in [0.05, 0.1) is 18.4 Å². The maximum atomic E-state index is 12.0. The number of anilines is 1. The fraction of sp³-hybridized carbons (Fsp3) is 0.0667. The number of amides is 1. The minimum absolute atomic E-state index is 0.205. The van der Waals surface area contributed by atoms with Crippen molar-refractivity contribution < 1.29 is 19.4 Å². The molecule has 0 radical (unpaired) electrons. The molecular formula is C15H12BrNO4. The van der Waals surface area contributed by atoms with Crippen molar-refractivity contribution in [3.05, 3.63) is 58.1 Å². The maximum absolute atomic E-state index is 12.0. The lowest BCUT2D eigenvalue weighted by Crippen LogP contribution is -2.12. The summed E-state index contributed by atoms with van der Waals surface area (Å²) in [6.45, 7) is 0. The Labute approximate surface area is 129 Å². The quantitative estimate of drug-likeness (QED) is 0.659. The third kappa shape index (κ3) is 3.61. The molecule has 0 spiro atoms. The number of esters is 1. The van der Waals surface area contributed by atoms with Crippen molar-refractivity contribution in [2.75, 3.05) is 12.4 Å². The van der Waals surface area contributed by atoms with Crippen LogP contribution in [0, 0.1) is 0 Å². The first kappa shape index (κ1) is 15.1. The van der Waals surface area contributed by atoms with Crippen LogP contribution >= 0.6 is 15.9 Å². The Hall–Kier alpha value is -2.34. The molecule has 5 nitrogen and oxygen atoms in total. The lowest BCUT2D eigenvalue weighted by molar-refractivity contribution is 0.0600. The van der Waals surface area contributed by atoms with Crippen LogP contribution in [0.25, 0.3) is 0 Å². The zero-order valence-electron chi connectivity index (χ0n) is 11.1. The normalized spacial score (nSPS) is 10.0. The molecule has 0 aromatic heterocycles. The number of aromatic hydroxyl groups is 1. The van der Waals surface area contributed by atoms with Gasteiger partial charge in [0.2, 0.25) is 0 Å². The van der Waals surface area contributed by atoms with E-state index in [1.807, 2.05) is 0 Å².